The summed E-state index contributed by atoms with van der Waals surface area (Å²) in [7, 11) is 0. The third-order valence-electron chi connectivity index (χ3n) is 5.42. The van der Waals surface area contributed by atoms with Gasteiger partial charge in [-0.25, -0.2) is 9.78 Å². The molecule has 0 spiro atoms. The van der Waals surface area contributed by atoms with Gasteiger partial charge >= 0.3 is 11.9 Å². The van der Waals surface area contributed by atoms with E-state index in [1.807, 2.05) is 0 Å². The lowest BCUT2D eigenvalue weighted by atomic mass is 10.0. The summed E-state index contributed by atoms with van der Waals surface area (Å²) in [5.74, 6) is -2.90. The number of aliphatic carboxylic acids is 2. The molecule has 0 saturated heterocycles. The van der Waals surface area contributed by atoms with E-state index in [9.17, 15) is 24.3 Å². The van der Waals surface area contributed by atoms with Crippen LogP contribution in [0.25, 0.3) is 0 Å². The van der Waals surface area contributed by atoms with Gasteiger partial charge in [0.15, 0.2) is 5.82 Å². The number of rotatable bonds is 10. The number of nitrogens with one attached hydrogen (secondary N) is 2. The monoisotopic (exact) mass is 471 g/mol. The maximum Gasteiger partial charge on any atom is 0.326 e. The van der Waals surface area contributed by atoms with Crippen molar-refractivity contribution in [2.75, 3.05) is 28.2 Å². The van der Waals surface area contributed by atoms with E-state index in [-0.39, 0.29) is 36.2 Å². The minimum atomic E-state index is -1.31. The molecule has 0 fully saturated rings. The Morgan fingerprint density at radius 2 is 1.88 bits per heavy atom. The van der Waals surface area contributed by atoms with Crippen LogP contribution < -0.4 is 27.0 Å². The fourth-order valence-electron chi connectivity index (χ4n) is 3.70. The lowest BCUT2D eigenvalue weighted by molar-refractivity contribution is -0.140. The Balaban J connectivity index is 1.61. The number of nitrogen functional groups attached to an aromatic ring is 2. The highest BCUT2D eigenvalue weighted by Crippen LogP contribution is 2.33. The molecule has 0 bridgehead atoms. The van der Waals surface area contributed by atoms with Gasteiger partial charge in [0.2, 0.25) is 12.4 Å². The number of benzene rings is 1. The van der Waals surface area contributed by atoms with Crippen LogP contribution in [-0.2, 0) is 20.8 Å². The molecule has 0 aliphatic carbocycles. The Bertz CT molecular complexity index is 1090. The number of nitrogens with two attached hydrogens (primary N) is 2. The summed E-state index contributed by atoms with van der Waals surface area (Å²) < 4.78 is 0. The van der Waals surface area contributed by atoms with E-state index >= 15 is 0 Å². The molecule has 1 aromatic carbocycles. The first-order valence-corrected chi connectivity index (χ1v) is 10.4. The molecule has 0 radical (unpaired) electrons. The average molecular weight is 471 g/mol. The zero-order chi connectivity index (χ0) is 24.8. The summed E-state index contributed by atoms with van der Waals surface area (Å²) in [5.41, 5.74) is 13.6. The van der Waals surface area contributed by atoms with Gasteiger partial charge in [0, 0.05) is 24.2 Å². The molecule has 1 aliphatic heterocycles. The number of hydrogen-bond donors (Lipinski definition) is 6. The minimum absolute atomic E-state index is 0.0550. The molecule has 13 heteroatoms. The number of anilines is 4. The molecule has 13 nitrogen and oxygen atoms in total. The summed E-state index contributed by atoms with van der Waals surface area (Å²) >= 11 is 0. The molecule has 1 aliphatic rings. The predicted molar refractivity (Wildman–Crippen MR) is 122 cm³/mol. The maximum absolute atomic E-state index is 12.4. The van der Waals surface area contributed by atoms with Gasteiger partial charge in [0.25, 0.3) is 5.91 Å². The first-order valence-electron chi connectivity index (χ1n) is 10.4. The van der Waals surface area contributed by atoms with E-state index in [4.69, 9.17) is 16.6 Å². The number of carbonyl (C=O) groups is 4. The molecule has 2 aromatic rings. The first-order chi connectivity index (χ1) is 16.2. The fraction of sp³-hybridized carbons (Fsp3) is 0.333. The van der Waals surface area contributed by atoms with Crippen LogP contribution in [0.3, 0.4) is 0 Å². The molecule has 2 amide bonds. The van der Waals surface area contributed by atoms with Gasteiger partial charge in [0.1, 0.15) is 11.7 Å². The summed E-state index contributed by atoms with van der Waals surface area (Å²) in [4.78, 5) is 55.6. The van der Waals surface area contributed by atoms with Crippen molar-refractivity contribution in [3.8, 4) is 0 Å². The van der Waals surface area contributed by atoms with Gasteiger partial charge in [-0.3, -0.25) is 14.4 Å². The van der Waals surface area contributed by atoms with Crippen LogP contribution in [0, 0.1) is 0 Å². The van der Waals surface area contributed by atoms with E-state index < -0.39 is 23.9 Å². The Hall–Kier alpha value is -4.42. The largest absolute Gasteiger partial charge is 0.481 e. The number of carboxylic acid groups (broad SMARTS) is 2. The number of carboxylic acids is 2. The third kappa shape index (κ3) is 5.68. The van der Waals surface area contributed by atoms with E-state index in [0.717, 1.165) is 0 Å². The van der Waals surface area contributed by atoms with Gasteiger partial charge in [0.05, 0.1) is 11.7 Å². The molecule has 3 rings (SSSR count). The van der Waals surface area contributed by atoms with Crippen LogP contribution in [-0.4, -0.2) is 63.1 Å². The molecule has 1 aromatic heterocycles. The average Bonchev–Trinajstić information content (AvgIpc) is 2.79. The van der Waals surface area contributed by atoms with Crippen LogP contribution in [0.1, 0.15) is 35.3 Å². The minimum Gasteiger partial charge on any atom is -0.481 e. The van der Waals surface area contributed by atoms with Gasteiger partial charge in [-0.15, -0.1) is 0 Å². The highest BCUT2D eigenvalue weighted by molar-refractivity contribution is 5.97. The second-order valence-electron chi connectivity index (χ2n) is 7.72. The predicted octanol–water partition coefficient (Wildman–Crippen LogP) is 0.0785. The summed E-state index contributed by atoms with van der Waals surface area (Å²) in [6.45, 7) is 0.393. The molecular weight excluding hydrogens is 446 g/mol. The quantitative estimate of drug-likeness (QED) is 0.255. The number of aromatic nitrogens is 2. The number of hydrogen-bond acceptors (Lipinski definition) is 9. The van der Waals surface area contributed by atoms with Crippen molar-refractivity contribution in [3.63, 3.8) is 0 Å². The smallest absolute Gasteiger partial charge is 0.326 e. The zero-order valence-electron chi connectivity index (χ0n) is 18.1. The number of aryl methyl sites for hydroxylation is 1. The second-order valence-corrected chi connectivity index (χ2v) is 7.72. The maximum atomic E-state index is 12.4. The van der Waals surface area contributed by atoms with Crippen molar-refractivity contribution >= 4 is 47.4 Å². The van der Waals surface area contributed by atoms with E-state index in [0.29, 0.717) is 42.9 Å². The SMILES string of the molecule is Nc1nc(N)c2c(n1)CCC(CNc1ccc(C(=O)N[C@@H](CCC(=O)O)C(=O)O)cc1)N2C=O. The highest BCUT2D eigenvalue weighted by Gasteiger charge is 2.30. The number of nitrogens with zero attached hydrogens (tertiary/aromatic N) is 3. The molecule has 2 heterocycles. The Labute approximate surface area is 194 Å². The molecule has 0 saturated carbocycles. The third-order valence-corrected chi connectivity index (χ3v) is 5.42. The van der Waals surface area contributed by atoms with Crippen molar-refractivity contribution in [1.82, 2.24) is 15.3 Å². The first kappa shape index (κ1) is 24.2. The van der Waals surface area contributed by atoms with Crippen molar-refractivity contribution in [2.45, 2.75) is 37.8 Å². The molecular formula is C21H25N7O6. The molecule has 34 heavy (non-hydrogen) atoms. The van der Waals surface area contributed by atoms with Crippen LogP contribution >= 0.6 is 0 Å². The Morgan fingerprint density at radius 1 is 1.18 bits per heavy atom. The molecule has 1 unspecified atom stereocenters. The van der Waals surface area contributed by atoms with Crippen LogP contribution in [0.15, 0.2) is 24.3 Å². The Kier molecular flexibility index (Phi) is 7.46. The summed E-state index contributed by atoms with van der Waals surface area (Å²) in [6, 6.07) is 4.78. The van der Waals surface area contributed by atoms with Crippen molar-refractivity contribution in [2.24, 2.45) is 0 Å². The van der Waals surface area contributed by atoms with Crippen LogP contribution in [0.5, 0.6) is 0 Å². The van der Waals surface area contributed by atoms with E-state index in [1.54, 1.807) is 12.1 Å². The second kappa shape index (κ2) is 10.5. The van der Waals surface area contributed by atoms with Crippen LogP contribution in [0.2, 0.25) is 0 Å². The number of amides is 2. The van der Waals surface area contributed by atoms with Gasteiger partial charge in [-0.2, -0.15) is 4.98 Å². The number of fused-ring (bicyclic) bond motifs is 1. The zero-order valence-corrected chi connectivity index (χ0v) is 18.1. The highest BCUT2D eigenvalue weighted by atomic mass is 16.4. The topological polar surface area (TPSA) is 214 Å². The van der Waals surface area contributed by atoms with Crippen molar-refractivity contribution in [1.29, 1.82) is 0 Å². The van der Waals surface area contributed by atoms with Crippen molar-refractivity contribution in [3.05, 3.63) is 35.5 Å². The molecule has 2 atom stereocenters. The van der Waals surface area contributed by atoms with Crippen LogP contribution in [0.4, 0.5) is 23.1 Å². The lowest BCUT2D eigenvalue weighted by Crippen LogP contribution is -2.43. The summed E-state index contributed by atoms with van der Waals surface area (Å²) in [5, 5.41) is 23.4. The van der Waals surface area contributed by atoms with Gasteiger partial charge in [-0.1, -0.05) is 0 Å². The lowest BCUT2D eigenvalue weighted by Gasteiger charge is -2.34. The fourth-order valence-corrected chi connectivity index (χ4v) is 3.70. The van der Waals surface area contributed by atoms with E-state index in [2.05, 4.69) is 20.6 Å². The standard InChI is InChI=1S/C21H25N7O6/c22-18-17-14(26-21(23)27-18)6-5-13(28(17)10-29)9-24-12-3-1-11(2-4-12)19(32)25-15(20(33)34)7-8-16(30)31/h1-4,10,13,15,24H,5-9H2,(H,25,32)(H,30,31)(H,33,34)(H4,22,23,26,27)/t13?,15-/m0/s1. The summed E-state index contributed by atoms with van der Waals surface area (Å²) in [6.07, 6.45) is 1.28. The van der Waals surface area contributed by atoms with E-state index in [1.165, 1.54) is 17.0 Å². The van der Waals surface area contributed by atoms with Gasteiger partial charge in [-0.05, 0) is 43.5 Å². The van der Waals surface area contributed by atoms with Crippen molar-refractivity contribution < 1.29 is 29.4 Å². The normalized spacial score (nSPS) is 15.6. The molecule has 180 valence electrons. The number of carbonyl (C=O) groups excluding carboxylic acids is 2. The van der Waals surface area contributed by atoms with Gasteiger partial charge < -0.3 is 37.2 Å². The molecule has 8 N–H and O–H groups in total. The Morgan fingerprint density at radius 3 is 2.50 bits per heavy atom.